The number of carbonyl (C=O) groups is 1. The number of likely N-dealkylation sites (N-methyl/N-ethyl adjacent to an activating group) is 1. The van der Waals surface area contributed by atoms with Gasteiger partial charge in [-0.3, -0.25) is 9.69 Å². The van der Waals surface area contributed by atoms with Crippen molar-refractivity contribution >= 4 is 5.78 Å². The molecular weight excluding hydrogens is 234 g/mol. The molecule has 19 heavy (non-hydrogen) atoms. The number of aryl methyl sites for hydroxylation is 1. The highest BCUT2D eigenvalue weighted by molar-refractivity contribution is 6.04. The van der Waals surface area contributed by atoms with E-state index in [0.717, 1.165) is 36.8 Å². The first-order chi connectivity index (χ1) is 9.08. The van der Waals surface area contributed by atoms with Crippen LogP contribution in [0.5, 0.6) is 0 Å². The molecule has 0 aromatic heterocycles. The summed E-state index contributed by atoms with van der Waals surface area (Å²) in [6.07, 6.45) is 6.83. The third-order valence-electron chi connectivity index (χ3n) is 4.60. The fourth-order valence-corrected chi connectivity index (χ4v) is 3.27. The molecule has 2 rings (SSSR count). The summed E-state index contributed by atoms with van der Waals surface area (Å²) in [4.78, 5) is 15.3. The number of Topliss-reactive ketones (excluding diaryl/α,β-unsaturated/α-hetero) is 1. The molecule has 1 aliphatic carbocycles. The van der Waals surface area contributed by atoms with Crippen LogP contribution >= 0.6 is 0 Å². The maximum Gasteiger partial charge on any atom is 0.183 e. The van der Waals surface area contributed by atoms with E-state index in [1.807, 2.05) is 31.2 Å². The van der Waals surface area contributed by atoms with Gasteiger partial charge in [0, 0.05) is 5.56 Å². The van der Waals surface area contributed by atoms with Crippen LogP contribution < -0.4 is 0 Å². The Hall–Kier alpha value is -1.15. The van der Waals surface area contributed by atoms with Crippen LogP contribution in [-0.4, -0.2) is 30.3 Å². The fraction of sp³-hybridized carbons (Fsp3) is 0.588. The third-order valence-corrected chi connectivity index (χ3v) is 4.60. The highest BCUT2D eigenvalue weighted by Gasteiger charge is 2.41. The van der Waals surface area contributed by atoms with E-state index in [4.69, 9.17) is 0 Å². The topological polar surface area (TPSA) is 20.3 Å². The van der Waals surface area contributed by atoms with Crippen LogP contribution in [0.2, 0.25) is 0 Å². The van der Waals surface area contributed by atoms with Gasteiger partial charge in [-0.15, -0.1) is 0 Å². The maximum atomic E-state index is 13.1. The van der Waals surface area contributed by atoms with Crippen LogP contribution in [0.4, 0.5) is 0 Å². The van der Waals surface area contributed by atoms with Crippen molar-refractivity contribution in [2.75, 3.05) is 14.1 Å². The zero-order valence-electron chi connectivity index (χ0n) is 12.4. The zero-order chi connectivity index (χ0) is 13.9. The molecule has 0 saturated heterocycles. The van der Waals surface area contributed by atoms with Crippen molar-refractivity contribution in [2.45, 2.75) is 51.0 Å². The van der Waals surface area contributed by atoms with Gasteiger partial charge in [-0.1, -0.05) is 49.9 Å². The van der Waals surface area contributed by atoms with Crippen LogP contribution in [0.25, 0.3) is 0 Å². The minimum Gasteiger partial charge on any atom is -0.297 e. The lowest BCUT2D eigenvalue weighted by Gasteiger charge is -2.38. The predicted octanol–water partition coefficient (Wildman–Crippen LogP) is 3.83. The van der Waals surface area contributed by atoms with E-state index in [1.165, 1.54) is 12.8 Å². The van der Waals surface area contributed by atoms with Gasteiger partial charge in [0.15, 0.2) is 5.78 Å². The lowest BCUT2D eigenvalue weighted by Crippen LogP contribution is -2.51. The molecule has 2 heteroatoms. The van der Waals surface area contributed by atoms with Gasteiger partial charge in [-0.05, 0) is 39.4 Å². The molecule has 1 aromatic rings. The largest absolute Gasteiger partial charge is 0.297 e. The summed E-state index contributed by atoms with van der Waals surface area (Å²) < 4.78 is 0. The molecule has 0 atom stereocenters. The third kappa shape index (κ3) is 2.74. The summed E-state index contributed by atoms with van der Waals surface area (Å²) in [7, 11) is 4.11. The molecule has 0 heterocycles. The molecule has 1 aromatic carbocycles. The molecule has 104 valence electrons. The highest BCUT2D eigenvalue weighted by atomic mass is 16.1. The van der Waals surface area contributed by atoms with Crippen molar-refractivity contribution in [3.8, 4) is 0 Å². The molecule has 1 aliphatic rings. The molecule has 1 fully saturated rings. The first kappa shape index (κ1) is 14.3. The van der Waals surface area contributed by atoms with Gasteiger partial charge in [0.1, 0.15) is 0 Å². The van der Waals surface area contributed by atoms with Crippen molar-refractivity contribution in [3.63, 3.8) is 0 Å². The smallest absolute Gasteiger partial charge is 0.183 e. The normalized spacial score (nSPS) is 19.2. The van der Waals surface area contributed by atoms with E-state index in [9.17, 15) is 4.79 Å². The van der Waals surface area contributed by atoms with Crippen molar-refractivity contribution in [2.24, 2.45) is 0 Å². The summed E-state index contributed by atoms with van der Waals surface area (Å²) in [5.41, 5.74) is 1.71. The van der Waals surface area contributed by atoms with E-state index >= 15 is 0 Å². The van der Waals surface area contributed by atoms with Gasteiger partial charge in [-0.25, -0.2) is 0 Å². The lowest BCUT2D eigenvalue weighted by molar-refractivity contribution is 0.0634. The first-order valence-electron chi connectivity index (χ1n) is 7.36. The molecular formula is C17H25NO. The number of benzene rings is 1. The molecule has 0 bridgehead atoms. The zero-order valence-corrected chi connectivity index (χ0v) is 12.4. The van der Waals surface area contributed by atoms with E-state index in [1.54, 1.807) is 0 Å². The van der Waals surface area contributed by atoms with E-state index in [0.29, 0.717) is 5.78 Å². The number of hydrogen-bond donors (Lipinski definition) is 0. The summed E-state index contributed by atoms with van der Waals surface area (Å²) in [5, 5.41) is 0. The standard InChI is InChI=1S/C17H25NO/c1-14-10-6-7-11-15(14)16(19)17(18(2)3)12-8-4-5-9-13-17/h6-7,10-11H,4-5,8-9,12-13H2,1-3H3. The summed E-state index contributed by atoms with van der Waals surface area (Å²) >= 11 is 0. The summed E-state index contributed by atoms with van der Waals surface area (Å²) in [6.45, 7) is 2.04. The Labute approximate surface area is 116 Å². The predicted molar refractivity (Wildman–Crippen MR) is 79.6 cm³/mol. The second kappa shape index (κ2) is 5.87. The van der Waals surface area contributed by atoms with E-state index in [2.05, 4.69) is 19.0 Å². The van der Waals surface area contributed by atoms with Crippen LogP contribution in [0.3, 0.4) is 0 Å². The molecule has 0 unspecified atom stereocenters. The monoisotopic (exact) mass is 259 g/mol. The Bertz CT molecular complexity index is 442. The van der Waals surface area contributed by atoms with Crippen molar-refractivity contribution in [1.29, 1.82) is 0 Å². The van der Waals surface area contributed by atoms with Gasteiger partial charge < -0.3 is 0 Å². The quantitative estimate of drug-likeness (QED) is 0.607. The van der Waals surface area contributed by atoms with Crippen molar-refractivity contribution < 1.29 is 4.79 Å². The molecule has 0 aliphatic heterocycles. The fourth-order valence-electron chi connectivity index (χ4n) is 3.27. The molecule has 1 saturated carbocycles. The molecule has 0 N–H and O–H groups in total. The number of ketones is 1. The average Bonchev–Trinajstić information content (AvgIpc) is 2.65. The van der Waals surface area contributed by atoms with Gasteiger partial charge in [0.05, 0.1) is 5.54 Å². The van der Waals surface area contributed by atoms with Crippen LogP contribution in [0.1, 0.15) is 54.4 Å². The number of carbonyl (C=O) groups excluding carboxylic acids is 1. The molecule has 0 radical (unpaired) electrons. The van der Waals surface area contributed by atoms with Crippen LogP contribution in [0, 0.1) is 6.92 Å². The lowest BCUT2D eigenvalue weighted by atomic mass is 9.80. The van der Waals surface area contributed by atoms with Gasteiger partial charge in [0.25, 0.3) is 0 Å². The van der Waals surface area contributed by atoms with E-state index in [-0.39, 0.29) is 5.54 Å². The van der Waals surface area contributed by atoms with E-state index < -0.39 is 0 Å². The SMILES string of the molecule is Cc1ccccc1C(=O)C1(N(C)C)CCCCCC1. The Morgan fingerprint density at radius 1 is 1.05 bits per heavy atom. The van der Waals surface area contributed by atoms with Crippen LogP contribution in [-0.2, 0) is 0 Å². The minimum absolute atomic E-state index is 0.289. The minimum atomic E-state index is -0.289. The Balaban J connectivity index is 2.39. The Morgan fingerprint density at radius 2 is 1.63 bits per heavy atom. The summed E-state index contributed by atoms with van der Waals surface area (Å²) in [5.74, 6) is 0.317. The van der Waals surface area contributed by atoms with Gasteiger partial charge in [0.2, 0.25) is 0 Å². The molecule has 0 spiro atoms. The Kier molecular flexibility index (Phi) is 4.41. The number of hydrogen-bond acceptors (Lipinski definition) is 2. The average molecular weight is 259 g/mol. The summed E-state index contributed by atoms with van der Waals surface area (Å²) in [6, 6.07) is 7.99. The maximum absolute atomic E-state index is 13.1. The van der Waals surface area contributed by atoms with Crippen molar-refractivity contribution in [3.05, 3.63) is 35.4 Å². The van der Waals surface area contributed by atoms with Crippen LogP contribution in [0.15, 0.2) is 24.3 Å². The van der Waals surface area contributed by atoms with Crippen molar-refractivity contribution in [1.82, 2.24) is 4.90 Å². The van der Waals surface area contributed by atoms with Gasteiger partial charge >= 0.3 is 0 Å². The molecule has 2 nitrogen and oxygen atoms in total. The second-order valence-corrected chi connectivity index (χ2v) is 5.98. The number of rotatable bonds is 3. The molecule has 0 amide bonds. The second-order valence-electron chi connectivity index (χ2n) is 5.98. The number of nitrogens with zero attached hydrogens (tertiary/aromatic N) is 1. The van der Waals surface area contributed by atoms with Gasteiger partial charge in [-0.2, -0.15) is 0 Å². The highest BCUT2D eigenvalue weighted by Crippen LogP contribution is 2.34. The Morgan fingerprint density at radius 3 is 2.16 bits per heavy atom. The first-order valence-corrected chi connectivity index (χ1v) is 7.36.